The third-order valence-corrected chi connectivity index (χ3v) is 5.90. The first kappa shape index (κ1) is 11.5. The van der Waals surface area contributed by atoms with Crippen molar-refractivity contribution in [2.45, 2.75) is 60.3 Å². The molecule has 5 unspecified atom stereocenters. The summed E-state index contributed by atoms with van der Waals surface area (Å²) >= 11 is 0. The normalized spacial score (nSPS) is 42.2. The molecule has 2 aliphatic rings. The van der Waals surface area contributed by atoms with Gasteiger partial charge in [-0.1, -0.05) is 47.5 Å². The van der Waals surface area contributed by atoms with Crippen LogP contribution in [-0.2, 0) is 0 Å². The molecule has 0 aromatic rings. The summed E-state index contributed by atoms with van der Waals surface area (Å²) in [7, 11) is 0. The van der Waals surface area contributed by atoms with Crippen molar-refractivity contribution in [1.29, 1.82) is 0 Å². The zero-order valence-electron chi connectivity index (χ0n) is 11.2. The Balaban J connectivity index is 1.96. The Bertz CT molecular complexity index is 228. The molecular formula is C15H28. The van der Waals surface area contributed by atoms with Crippen molar-refractivity contribution < 1.29 is 0 Å². The smallest absolute Gasteiger partial charge is 0.0295 e. The molecule has 2 saturated carbocycles. The van der Waals surface area contributed by atoms with Gasteiger partial charge in [0.05, 0.1) is 0 Å². The third-order valence-electron chi connectivity index (χ3n) is 5.90. The summed E-state index contributed by atoms with van der Waals surface area (Å²) in [4.78, 5) is 0. The van der Waals surface area contributed by atoms with E-state index < -0.39 is 0 Å². The van der Waals surface area contributed by atoms with Gasteiger partial charge >= 0.3 is 0 Å². The van der Waals surface area contributed by atoms with Crippen LogP contribution in [0.4, 0.5) is 0 Å². The topological polar surface area (TPSA) is 0 Å². The highest BCUT2D eigenvalue weighted by molar-refractivity contribution is 5.00. The van der Waals surface area contributed by atoms with Crippen LogP contribution >= 0.6 is 0 Å². The summed E-state index contributed by atoms with van der Waals surface area (Å²) in [5.41, 5.74) is 0.597. The average molecular weight is 208 g/mol. The quantitative estimate of drug-likeness (QED) is 0.626. The Morgan fingerprint density at radius 3 is 2.27 bits per heavy atom. The van der Waals surface area contributed by atoms with Gasteiger partial charge in [0.15, 0.2) is 0 Å². The van der Waals surface area contributed by atoms with E-state index in [4.69, 9.17) is 0 Å². The molecule has 0 N–H and O–H groups in total. The molecule has 0 amide bonds. The third kappa shape index (κ3) is 1.85. The van der Waals surface area contributed by atoms with Gasteiger partial charge in [0.25, 0.3) is 0 Å². The summed E-state index contributed by atoms with van der Waals surface area (Å²) in [6.45, 7) is 12.4. The molecule has 2 rings (SSSR count). The number of rotatable bonds is 4. The van der Waals surface area contributed by atoms with Gasteiger partial charge in [0, 0.05) is 0 Å². The van der Waals surface area contributed by atoms with Crippen molar-refractivity contribution in [3.8, 4) is 0 Å². The molecule has 0 aromatic carbocycles. The first-order chi connectivity index (χ1) is 6.98. The van der Waals surface area contributed by atoms with Crippen LogP contribution in [0.1, 0.15) is 60.3 Å². The molecule has 88 valence electrons. The standard InChI is InChI=1S/C15H28/c1-6-12-9-14(12)15(4,5)11(3)13-8-7-10(13)2/h10-14H,6-9H2,1-5H3. The van der Waals surface area contributed by atoms with Gasteiger partial charge in [-0.05, 0) is 47.8 Å². The minimum atomic E-state index is 0.597. The lowest BCUT2D eigenvalue weighted by atomic mass is 9.59. The van der Waals surface area contributed by atoms with Gasteiger partial charge in [0.1, 0.15) is 0 Å². The Hall–Kier alpha value is 0. The Kier molecular flexibility index (Phi) is 2.90. The van der Waals surface area contributed by atoms with E-state index in [2.05, 4.69) is 34.6 Å². The number of hydrogen-bond donors (Lipinski definition) is 0. The van der Waals surface area contributed by atoms with Crippen molar-refractivity contribution in [2.24, 2.45) is 35.0 Å². The van der Waals surface area contributed by atoms with Gasteiger partial charge in [-0.15, -0.1) is 0 Å². The predicted molar refractivity (Wildman–Crippen MR) is 66.7 cm³/mol. The lowest BCUT2D eigenvalue weighted by Crippen LogP contribution is -2.38. The summed E-state index contributed by atoms with van der Waals surface area (Å²) in [5.74, 6) is 5.04. The lowest BCUT2D eigenvalue weighted by molar-refractivity contribution is 0.0317. The second kappa shape index (κ2) is 3.79. The molecule has 0 aliphatic heterocycles. The van der Waals surface area contributed by atoms with E-state index >= 15 is 0 Å². The molecule has 2 fully saturated rings. The highest BCUT2D eigenvalue weighted by atomic mass is 14.6. The van der Waals surface area contributed by atoms with Crippen LogP contribution in [-0.4, -0.2) is 0 Å². The minimum Gasteiger partial charge on any atom is -0.0651 e. The Morgan fingerprint density at radius 1 is 1.27 bits per heavy atom. The fourth-order valence-corrected chi connectivity index (χ4v) is 3.93. The first-order valence-electron chi connectivity index (χ1n) is 6.98. The minimum absolute atomic E-state index is 0.597. The van der Waals surface area contributed by atoms with Gasteiger partial charge in [0.2, 0.25) is 0 Å². The molecular weight excluding hydrogens is 180 g/mol. The summed E-state index contributed by atoms with van der Waals surface area (Å²) < 4.78 is 0. The fourth-order valence-electron chi connectivity index (χ4n) is 3.93. The molecule has 2 aliphatic carbocycles. The van der Waals surface area contributed by atoms with E-state index in [0.717, 1.165) is 29.6 Å². The van der Waals surface area contributed by atoms with Gasteiger partial charge in [-0.2, -0.15) is 0 Å². The van der Waals surface area contributed by atoms with Gasteiger partial charge in [-0.3, -0.25) is 0 Å². The highest BCUT2D eigenvalue weighted by Crippen LogP contribution is 2.59. The van der Waals surface area contributed by atoms with Crippen molar-refractivity contribution in [3.63, 3.8) is 0 Å². The van der Waals surface area contributed by atoms with Crippen LogP contribution in [0.15, 0.2) is 0 Å². The van der Waals surface area contributed by atoms with Crippen LogP contribution in [0.2, 0.25) is 0 Å². The fraction of sp³-hybridized carbons (Fsp3) is 1.00. The van der Waals surface area contributed by atoms with Crippen LogP contribution in [0.3, 0.4) is 0 Å². The molecule has 5 atom stereocenters. The molecule has 0 saturated heterocycles. The van der Waals surface area contributed by atoms with E-state index in [1.807, 2.05) is 0 Å². The first-order valence-corrected chi connectivity index (χ1v) is 6.98. The van der Waals surface area contributed by atoms with E-state index in [-0.39, 0.29) is 0 Å². The second-order valence-electron chi connectivity index (χ2n) is 6.84. The molecule has 0 spiro atoms. The molecule has 0 radical (unpaired) electrons. The van der Waals surface area contributed by atoms with E-state index in [9.17, 15) is 0 Å². The zero-order valence-corrected chi connectivity index (χ0v) is 11.2. The SMILES string of the molecule is CCC1CC1C(C)(C)C(C)C1CCC1C. The van der Waals surface area contributed by atoms with E-state index in [1.54, 1.807) is 0 Å². The highest BCUT2D eigenvalue weighted by Gasteiger charge is 2.51. The van der Waals surface area contributed by atoms with Crippen LogP contribution < -0.4 is 0 Å². The molecule has 0 heteroatoms. The van der Waals surface area contributed by atoms with Crippen molar-refractivity contribution in [2.75, 3.05) is 0 Å². The average Bonchev–Trinajstić information content (AvgIpc) is 2.94. The molecule has 0 bridgehead atoms. The van der Waals surface area contributed by atoms with E-state index in [0.29, 0.717) is 5.41 Å². The van der Waals surface area contributed by atoms with Crippen LogP contribution in [0.5, 0.6) is 0 Å². The maximum absolute atomic E-state index is 2.53. The van der Waals surface area contributed by atoms with Gasteiger partial charge in [-0.25, -0.2) is 0 Å². The van der Waals surface area contributed by atoms with Crippen LogP contribution in [0, 0.1) is 35.0 Å². The molecule has 15 heavy (non-hydrogen) atoms. The summed E-state index contributed by atoms with van der Waals surface area (Å²) in [5, 5.41) is 0. The molecule has 0 nitrogen and oxygen atoms in total. The van der Waals surface area contributed by atoms with Crippen LogP contribution in [0.25, 0.3) is 0 Å². The monoisotopic (exact) mass is 208 g/mol. The Labute approximate surface area is 95.8 Å². The summed E-state index contributed by atoms with van der Waals surface area (Å²) in [6.07, 6.45) is 5.89. The van der Waals surface area contributed by atoms with E-state index in [1.165, 1.54) is 25.7 Å². The largest absolute Gasteiger partial charge is 0.0651 e. The summed E-state index contributed by atoms with van der Waals surface area (Å²) in [6, 6.07) is 0. The molecule has 0 heterocycles. The van der Waals surface area contributed by atoms with Crippen molar-refractivity contribution >= 4 is 0 Å². The zero-order chi connectivity index (χ0) is 11.2. The van der Waals surface area contributed by atoms with Crippen molar-refractivity contribution in [3.05, 3.63) is 0 Å². The number of hydrogen-bond acceptors (Lipinski definition) is 0. The predicted octanol–water partition coefficient (Wildman–Crippen LogP) is 4.74. The second-order valence-corrected chi connectivity index (χ2v) is 6.84. The molecule has 0 aromatic heterocycles. The maximum Gasteiger partial charge on any atom is -0.0295 e. The van der Waals surface area contributed by atoms with Gasteiger partial charge < -0.3 is 0 Å². The lowest BCUT2D eigenvalue weighted by Gasteiger charge is -2.46. The Morgan fingerprint density at radius 2 is 1.93 bits per heavy atom. The maximum atomic E-state index is 2.53. The van der Waals surface area contributed by atoms with Crippen molar-refractivity contribution in [1.82, 2.24) is 0 Å².